The molecule has 16 heavy (non-hydrogen) atoms. The number of carboxylic acids is 1. The third kappa shape index (κ3) is 8.70. The number of aliphatic carboxylic acids is 1. The summed E-state index contributed by atoms with van der Waals surface area (Å²) in [4.78, 5) is 31.9. The lowest BCUT2D eigenvalue weighted by atomic mass is 10.2. The lowest BCUT2D eigenvalue weighted by molar-refractivity contribution is -0.131. The highest BCUT2D eigenvalue weighted by Gasteiger charge is 2.04. The van der Waals surface area contributed by atoms with Gasteiger partial charge in [-0.2, -0.15) is 0 Å². The highest BCUT2D eigenvalue weighted by atomic mass is 16.4. The van der Waals surface area contributed by atoms with Crippen LogP contribution in [0, 0.1) is 0 Å². The van der Waals surface area contributed by atoms with Gasteiger partial charge in [0.2, 0.25) is 5.91 Å². The number of carbonyl (C=O) groups excluding carboxylic acids is 2. The molecule has 0 aromatic heterocycles. The Morgan fingerprint density at radius 1 is 1.25 bits per heavy atom. The predicted molar refractivity (Wildman–Crippen MR) is 54.0 cm³/mol. The van der Waals surface area contributed by atoms with Crippen LogP contribution in [-0.2, 0) is 14.4 Å². The molecule has 0 heterocycles. The van der Waals surface area contributed by atoms with Gasteiger partial charge in [-0.25, -0.2) is 4.79 Å². The molecule has 0 aromatic rings. The standard InChI is InChI=1S/C9H14N2O5/c1-6(12)2-3-7(13)10-11-8(14)4-5-9(15)16/h4-6,12H,2-3H2,1H3,(H,10,13)(H,11,14)(H,15,16)/b5-4-/t6-/m0/s1. The topological polar surface area (TPSA) is 116 Å². The molecular formula is C9H14N2O5. The van der Waals surface area contributed by atoms with Crippen molar-refractivity contribution in [2.45, 2.75) is 25.9 Å². The van der Waals surface area contributed by atoms with Crippen LogP contribution in [0.25, 0.3) is 0 Å². The van der Waals surface area contributed by atoms with Crippen LogP contribution in [0.15, 0.2) is 12.2 Å². The molecule has 4 N–H and O–H groups in total. The summed E-state index contributed by atoms with van der Waals surface area (Å²) in [7, 11) is 0. The van der Waals surface area contributed by atoms with Crippen molar-refractivity contribution in [1.29, 1.82) is 0 Å². The molecule has 0 aliphatic carbocycles. The maximum absolute atomic E-state index is 11.0. The first-order valence-electron chi connectivity index (χ1n) is 4.59. The van der Waals surface area contributed by atoms with E-state index in [4.69, 9.17) is 10.2 Å². The molecule has 0 aromatic carbocycles. The van der Waals surface area contributed by atoms with E-state index in [0.717, 1.165) is 6.08 Å². The van der Waals surface area contributed by atoms with Crippen molar-refractivity contribution >= 4 is 17.8 Å². The zero-order chi connectivity index (χ0) is 12.6. The summed E-state index contributed by atoms with van der Waals surface area (Å²) in [5.74, 6) is -2.46. The molecule has 0 aliphatic heterocycles. The van der Waals surface area contributed by atoms with Gasteiger partial charge >= 0.3 is 5.97 Å². The summed E-state index contributed by atoms with van der Waals surface area (Å²) in [6.07, 6.45) is 1.19. The summed E-state index contributed by atoms with van der Waals surface area (Å²) < 4.78 is 0. The van der Waals surface area contributed by atoms with Crippen molar-refractivity contribution < 1.29 is 24.6 Å². The number of hydrogen-bond donors (Lipinski definition) is 4. The van der Waals surface area contributed by atoms with Gasteiger partial charge in [-0.05, 0) is 13.3 Å². The molecule has 7 nitrogen and oxygen atoms in total. The van der Waals surface area contributed by atoms with Gasteiger partial charge in [-0.3, -0.25) is 20.4 Å². The SMILES string of the molecule is C[C@H](O)CCC(=O)NNC(=O)/C=C\C(=O)O. The highest BCUT2D eigenvalue weighted by Crippen LogP contribution is 1.94. The molecule has 0 radical (unpaired) electrons. The second-order valence-corrected chi connectivity index (χ2v) is 3.10. The second-order valence-electron chi connectivity index (χ2n) is 3.10. The molecule has 0 saturated carbocycles. The molecular weight excluding hydrogens is 216 g/mol. The molecule has 0 unspecified atom stereocenters. The Hall–Kier alpha value is -1.89. The van der Waals surface area contributed by atoms with Gasteiger partial charge in [0.15, 0.2) is 0 Å². The Balaban J connectivity index is 3.75. The summed E-state index contributed by atoms with van der Waals surface area (Å²) in [6.45, 7) is 1.54. The number of aliphatic hydroxyl groups excluding tert-OH is 1. The van der Waals surface area contributed by atoms with E-state index in [1.165, 1.54) is 0 Å². The van der Waals surface area contributed by atoms with Crippen LogP contribution in [0.4, 0.5) is 0 Å². The molecule has 0 fully saturated rings. The Morgan fingerprint density at radius 3 is 2.38 bits per heavy atom. The minimum atomic E-state index is -1.25. The van der Waals surface area contributed by atoms with Crippen molar-refractivity contribution in [3.63, 3.8) is 0 Å². The van der Waals surface area contributed by atoms with Crippen molar-refractivity contribution in [2.75, 3.05) is 0 Å². The number of amides is 2. The number of carboxylic acid groups (broad SMARTS) is 1. The molecule has 1 atom stereocenters. The van der Waals surface area contributed by atoms with Crippen LogP contribution < -0.4 is 10.9 Å². The van der Waals surface area contributed by atoms with Crippen LogP contribution in [0.5, 0.6) is 0 Å². The second kappa shape index (κ2) is 7.41. The van der Waals surface area contributed by atoms with Crippen LogP contribution in [0.2, 0.25) is 0 Å². The van der Waals surface area contributed by atoms with E-state index in [9.17, 15) is 14.4 Å². The molecule has 0 bridgehead atoms. The lowest BCUT2D eigenvalue weighted by Gasteiger charge is -2.06. The summed E-state index contributed by atoms with van der Waals surface area (Å²) in [6, 6.07) is 0. The predicted octanol–water partition coefficient (Wildman–Crippen LogP) is -1.06. The fraction of sp³-hybridized carbons (Fsp3) is 0.444. The van der Waals surface area contributed by atoms with E-state index in [2.05, 4.69) is 5.43 Å². The summed E-state index contributed by atoms with van der Waals surface area (Å²) in [5.41, 5.74) is 4.06. The Kier molecular flexibility index (Phi) is 6.53. The van der Waals surface area contributed by atoms with E-state index in [0.29, 0.717) is 6.08 Å². The summed E-state index contributed by atoms with van der Waals surface area (Å²) >= 11 is 0. The minimum Gasteiger partial charge on any atom is -0.478 e. The molecule has 2 amide bonds. The zero-order valence-corrected chi connectivity index (χ0v) is 8.77. The number of hydrogen-bond acceptors (Lipinski definition) is 4. The van der Waals surface area contributed by atoms with E-state index in [-0.39, 0.29) is 12.8 Å². The fourth-order valence-electron chi connectivity index (χ4n) is 0.722. The van der Waals surface area contributed by atoms with Crippen LogP contribution in [-0.4, -0.2) is 34.1 Å². The van der Waals surface area contributed by atoms with Crippen molar-refractivity contribution in [2.24, 2.45) is 0 Å². The highest BCUT2D eigenvalue weighted by molar-refractivity contribution is 5.94. The molecule has 0 aliphatic rings. The quantitative estimate of drug-likeness (QED) is 0.355. The van der Waals surface area contributed by atoms with Gasteiger partial charge in [0, 0.05) is 18.6 Å². The maximum Gasteiger partial charge on any atom is 0.328 e. The van der Waals surface area contributed by atoms with Crippen LogP contribution >= 0.6 is 0 Å². The van der Waals surface area contributed by atoms with Crippen molar-refractivity contribution in [3.05, 3.63) is 12.2 Å². The third-order valence-electron chi connectivity index (χ3n) is 1.49. The average Bonchev–Trinajstić information content (AvgIpc) is 2.20. The largest absolute Gasteiger partial charge is 0.478 e. The smallest absolute Gasteiger partial charge is 0.328 e. The van der Waals surface area contributed by atoms with Gasteiger partial charge in [0.1, 0.15) is 0 Å². The normalized spacial score (nSPS) is 12.1. The van der Waals surface area contributed by atoms with Gasteiger partial charge < -0.3 is 10.2 Å². The van der Waals surface area contributed by atoms with Gasteiger partial charge in [-0.15, -0.1) is 0 Å². The number of hydrazine groups is 1. The minimum absolute atomic E-state index is 0.0700. The summed E-state index contributed by atoms with van der Waals surface area (Å²) in [5, 5.41) is 17.1. The Morgan fingerprint density at radius 2 is 1.88 bits per heavy atom. The van der Waals surface area contributed by atoms with Crippen LogP contribution in [0.1, 0.15) is 19.8 Å². The van der Waals surface area contributed by atoms with Gasteiger partial charge in [0.05, 0.1) is 6.10 Å². The molecule has 7 heteroatoms. The van der Waals surface area contributed by atoms with E-state index in [1.807, 2.05) is 5.43 Å². The first-order chi connectivity index (χ1) is 7.41. The van der Waals surface area contributed by atoms with Gasteiger partial charge in [0.25, 0.3) is 5.91 Å². The van der Waals surface area contributed by atoms with E-state index in [1.54, 1.807) is 6.92 Å². The number of carbonyl (C=O) groups is 3. The first kappa shape index (κ1) is 14.1. The monoisotopic (exact) mass is 230 g/mol. The van der Waals surface area contributed by atoms with E-state index < -0.39 is 23.9 Å². The Bertz CT molecular complexity index is 298. The molecule has 90 valence electrons. The third-order valence-corrected chi connectivity index (χ3v) is 1.49. The molecule has 0 spiro atoms. The van der Waals surface area contributed by atoms with Crippen molar-refractivity contribution in [3.8, 4) is 0 Å². The number of nitrogens with one attached hydrogen (secondary N) is 2. The van der Waals surface area contributed by atoms with Gasteiger partial charge in [-0.1, -0.05) is 0 Å². The molecule has 0 rings (SSSR count). The lowest BCUT2D eigenvalue weighted by Crippen LogP contribution is -2.40. The number of aliphatic hydroxyl groups is 1. The number of rotatable bonds is 5. The first-order valence-corrected chi connectivity index (χ1v) is 4.59. The fourth-order valence-corrected chi connectivity index (χ4v) is 0.722. The zero-order valence-electron chi connectivity index (χ0n) is 8.77. The van der Waals surface area contributed by atoms with Crippen molar-refractivity contribution in [1.82, 2.24) is 10.9 Å². The maximum atomic E-state index is 11.0. The van der Waals surface area contributed by atoms with Crippen LogP contribution in [0.3, 0.4) is 0 Å². The van der Waals surface area contributed by atoms with E-state index >= 15 is 0 Å². The average molecular weight is 230 g/mol. The Labute approximate surface area is 92.1 Å². The molecule has 0 saturated heterocycles.